The van der Waals surface area contributed by atoms with E-state index in [1.807, 2.05) is 6.92 Å². The van der Waals surface area contributed by atoms with Crippen molar-refractivity contribution in [3.8, 4) is 0 Å². The van der Waals surface area contributed by atoms with E-state index in [2.05, 4.69) is 33.0 Å². The molecule has 0 amide bonds. The van der Waals surface area contributed by atoms with Gasteiger partial charge in [-0.25, -0.2) is 0 Å². The third-order valence-electron chi connectivity index (χ3n) is 3.51. The standard InChI is InChI=1S/C14H28F3N/c1-10(2)13(11(3)4)9-18-12(5)7-6-8-14(15,16)17/h10-13,18H,6-9H2,1-5H3. The Kier molecular flexibility index (Phi) is 7.92. The highest BCUT2D eigenvalue weighted by Gasteiger charge is 2.26. The second kappa shape index (κ2) is 8.03. The van der Waals surface area contributed by atoms with Crippen molar-refractivity contribution in [2.24, 2.45) is 17.8 Å². The molecule has 0 aromatic rings. The van der Waals surface area contributed by atoms with E-state index in [0.717, 1.165) is 6.54 Å². The van der Waals surface area contributed by atoms with Crippen molar-refractivity contribution in [1.82, 2.24) is 5.32 Å². The Morgan fingerprint density at radius 1 is 0.944 bits per heavy atom. The van der Waals surface area contributed by atoms with Gasteiger partial charge in [0.25, 0.3) is 0 Å². The van der Waals surface area contributed by atoms with Gasteiger partial charge in [0.2, 0.25) is 0 Å². The van der Waals surface area contributed by atoms with Crippen molar-refractivity contribution >= 4 is 0 Å². The van der Waals surface area contributed by atoms with Crippen molar-refractivity contribution in [3.63, 3.8) is 0 Å². The molecule has 0 aromatic carbocycles. The molecule has 1 atom stereocenters. The average molecular weight is 267 g/mol. The van der Waals surface area contributed by atoms with Gasteiger partial charge in [0.15, 0.2) is 0 Å². The van der Waals surface area contributed by atoms with Gasteiger partial charge in [0, 0.05) is 12.5 Å². The Hall–Kier alpha value is -0.250. The highest BCUT2D eigenvalue weighted by Crippen LogP contribution is 2.23. The van der Waals surface area contributed by atoms with Crippen LogP contribution in [0.3, 0.4) is 0 Å². The molecule has 0 radical (unpaired) electrons. The van der Waals surface area contributed by atoms with Crippen LogP contribution in [-0.2, 0) is 0 Å². The second-order valence-corrected chi connectivity index (χ2v) is 5.97. The first-order valence-electron chi connectivity index (χ1n) is 6.93. The maximum atomic E-state index is 12.0. The predicted octanol–water partition coefficient (Wildman–Crippen LogP) is 4.63. The summed E-state index contributed by atoms with van der Waals surface area (Å²) >= 11 is 0. The summed E-state index contributed by atoms with van der Waals surface area (Å²) in [6, 6.07) is 0.160. The molecule has 0 aliphatic rings. The quantitative estimate of drug-likeness (QED) is 0.676. The van der Waals surface area contributed by atoms with Crippen LogP contribution in [0.15, 0.2) is 0 Å². The molecule has 0 aliphatic heterocycles. The van der Waals surface area contributed by atoms with Crippen LogP contribution in [0.25, 0.3) is 0 Å². The molecule has 0 rings (SSSR count). The summed E-state index contributed by atoms with van der Waals surface area (Å²) < 4.78 is 36.0. The molecule has 0 saturated heterocycles. The van der Waals surface area contributed by atoms with Gasteiger partial charge < -0.3 is 5.32 Å². The van der Waals surface area contributed by atoms with Gasteiger partial charge in [-0.15, -0.1) is 0 Å². The summed E-state index contributed by atoms with van der Waals surface area (Å²) in [4.78, 5) is 0. The molecule has 0 aliphatic carbocycles. The largest absolute Gasteiger partial charge is 0.389 e. The topological polar surface area (TPSA) is 12.0 Å². The lowest BCUT2D eigenvalue weighted by Crippen LogP contribution is -2.35. The van der Waals surface area contributed by atoms with Gasteiger partial charge in [-0.3, -0.25) is 0 Å². The third-order valence-corrected chi connectivity index (χ3v) is 3.51. The molecule has 0 saturated carbocycles. The average Bonchev–Trinajstić information content (AvgIpc) is 2.14. The molecule has 0 heterocycles. The van der Waals surface area contributed by atoms with Gasteiger partial charge >= 0.3 is 6.18 Å². The lowest BCUT2D eigenvalue weighted by Gasteiger charge is -2.27. The van der Waals surface area contributed by atoms with Gasteiger partial charge in [-0.05, 0) is 44.1 Å². The summed E-state index contributed by atoms with van der Waals surface area (Å²) in [6.45, 7) is 11.6. The smallest absolute Gasteiger partial charge is 0.314 e. The minimum absolute atomic E-state index is 0.160. The van der Waals surface area contributed by atoms with Crippen LogP contribution in [0.2, 0.25) is 0 Å². The molecule has 1 nitrogen and oxygen atoms in total. The third kappa shape index (κ3) is 8.78. The molecule has 110 valence electrons. The molecule has 0 fully saturated rings. The SMILES string of the molecule is CC(CCCC(F)(F)F)NCC(C(C)C)C(C)C. The van der Waals surface area contributed by atoms with Crippen LogP contribution in [0, 0.1) is 17.8 Å². The molecule has 1 N–H and O–H groups in total. The zero-order valence-electron chi connectivity index (χ0n) is 12.3. The number of halogens is 3. The zero-order valence-corrected chi connectivity index (χ0v) is 12.3. The first kappa shape index (κ1) is 17.8. The molecular formula is C14H28F3N. The fraction of sp³-hybridized carbons (Fsp3) is 1.00. The Morgan fingerprint density at radius 2 is 1.44 bits per heavy atom. The monoisotopic (exact) mass is 267 g/mol. The van der Waals surface area contributed by atoms with E-state index < -0.39 is 12.6 Å². The normalized spacial score (nSPS) is 14.8. The summed E-state index contributed by atoms with van der Waals surface area (Å²) in [5, 5.41) is 3.36. The van der Waals surface area contributed by atoms with Crippen molar-refractivity contribution in [2.75, 3.05) is 6.54 Å². The van der Waals surface area contributed by atoms with Crippen LogP contribution < -0.4 is 5.32 Å². The van der Waals surface area contributed by atoms with Crippen molar-refractivity contribution in [3.05, 3.63) is 0 Å². The van der Waals surface area contributed by atoms with Crippen molar-refractivity contribution in [2.45, 2.75) is 66.1 Å². The van der Waals surface area contributed by atoms with Crippen LogP contribution in [0.1, 0.15) is 53.9 Å². The van der Waals surface area contributed by atoms with E-state index in [4.69, 9.17) is 0 Å². The molecular weight excluding hydrogens is 239 g/mol. The minimum Gasteiger partial charge on any atom is -0.314 e. The summed E-state index contributed by atoms with van der Waals surface area (Å²) in [5.74, 6) is 1.77. The van der Waals surface area contributed by atoms with E-state index in [1.54, 1.807) is 0 Å². The summed E-state index contributed by atoms with van der Waals surface area (Å²) in [6.07, 6.45) is -3.89. The highest BCUT2D eigenvalue weighted by molar-refractivity contribution is 4.72. The van der Waals surface area contributed by atoms with Crippen LogP contribution in [0.4, 0.5) is 13.2 Å². The van der Waals surface area contributed by atoms with Crippen molar-refractivity contribution < 1.29 is 13.2 Å². The maximum absolute atomic E-state index is 12.0. The molecule has 0 aromatic heterocycles. The van der Waals surface area contributed by atoms with Gasteiger partial charge in [0.1, 0.15) is 0 Å². The first-order valence-corrected chi connectivity index (χ1v) is 6.93. The van der Waals surface area contributed by atoms with Gasteiger partial charge in [-0.2, -0.15) is 13.2 Å². The minimum atomic E-state index is -4.02. The zero-order chi connectivity index (χ0) is 14.3. The Bertz CT molecular complexity index is 204. The number of nitrogens with one attached hydrogen (secondary N) is 1. The van der Waals surface area contributed by atoms with Crippen LogP contribution in [-0.4, -0.2) is 18.8 Å². The molecule has 0 bridgehead atoms. The number of rotatable bonds is 8. The lowest BCUT2D eigenvalue weighted by atomic mass is 9.85. The second-order valence-electron chi connectivity index (χ2n) is 5.97. The predicted molar refractivity (Wildman–Crippen MR) is 70.5 cm³/mol. The van der Waals surface area contributed by atoms with E-state index in [1.165, 1.54) is 0 Å². The first-order chi connectivity index (χ1) is 8.13. The number of hydrogen-bond acceptors (Lipinski definition) is 1. The number of hydrogen-bond donors (Lipinski definition) is 1. The molecule has 1 unspecified atom stereocenters. The molecule has 0 spiro atoms. The highest BCUT2D eigenvalue weighted by atomic mass is 19.4. The summed E-state index contributed by atoms with van der Waals surface area (Å²) in [7, 11) is 0. The molecule has 18 heavy (non-hydrogen) atoms. The summed E-state index contributed by atoms with van der Waals surface area (Å²) in [5.41, 5.74) is 0. The molecule has 4 heteroatoms. The van der Waals surface area contributed by atoms with Gasteiger partial charge in [0.05, 0.1) is 0 Å². The van der Waals surface area contributed by atoms with Gasteiger partial charge in [-0.1, -0.05) is 27.7 Å². The van der Waals surface area contributed by atoms with Crippen molar-refractivity contribution in [1.29, 1.82) is 0 Å². The number of alkyl halides is 3. The fourth-order valence-electron chi connectivity index (χ4n) is 2.29. The Morgan fingerprint density at radius 3 is 1.83 bits per heavy atom. The van der Waals surface area contributed by atoms with E-state index >= 15 is 0 Å². The Balaban J connectivity index is 3.84. The lowest BCUT2D eigenvalue weighted by molar-refractivity contribution is -0.135. The fourth-order valence-corrected chi connectivity index (χ4v) is 2.29. The van der Waals surface area contributed by atoms with E-state index in [-0.39, 0.29) is 12.5 Å². The maximum Gasteiger partial charge on any atom is 0.389 e. The van der Waals surface area contributed by atoms with Crippen LogP contribution >= 0.6 is 0 Å². The Labute approximate surface area is 110 Å². The van der Waals surface area contributed by atoms with E-state index in [9.17, 15) is 13.2 Å². The van der Waals surface area contributed by atoms with E-state index in [0.29, 0.717) is 24.2 Å². The van der Waals surface area contributed by atoms with Crippen LogP contribution in [0.5, 0.6) is 0 Å².